The molecule has 0 aliphatic carbocycles. The number of benzene rings is 3. The lowest BCUT2D eigenvalue weighted by Crippen LogP contribution is -2.00. The first-order valence-electron chi connectivity index (χ1n) is 7.81. The van der Waals surface area contributed by atoms with Gasteiger partial charge >= 0.3 is 0 Å². The lowest BCUT2D eigenvalue weighted by Gasteiger charge is -2.03. The summed E-state index contributed by atoms with van der Waals surface area (Å²) >= 11 is 0. The topological polar surface area (TPSA) is 40.7 Å². The molecule has 4 rings (SSSR count). The first-order valence-corrected chi connectivity index (χ1v) is 7.81. The maximum Gasteiger partial charge on any atom is 0.200 e. The molecule has 1 aromatic heterocycles. The average Bonchev–Trinajstić information content (AvgIpc) is 3.10. The average molecular weight is 317 g/mol. The number of imidazole rings is 1. The smallest absolute Gasteiger partial charge is 0.200 e. The van der Waals surface area contributed by atoms with Gasteiger partial charge in [0.05, 0.1) is 5.69 Å². The highest BCUT2D eigenvalue weighted by atomic mass is 19.1. The van der Waals surface area contributed by atoms with Crippen LogP contribution in [0.5, 0.6) is 0 Å². The van der Waals surface area contributed by atoms with E-state index >= 15 is 0 Å². The number of halogens is 1. The van der Waals surface area contributed by atoms with Crippen LogP contribution in [0.4, 0.5) is 10.3 Å². The number of fused-ring (bicyclic) bond motifs is 1. The monoisotopic (exact) mass is 317 g/mol. The fourth-order valence-electron chi connectivity index (χ4n) is 2.70. The number of aromatic amines is 1. The van der Waals surface area contributed by atoms with Crippen LogP contribution in [0.1, 0.15) is 5.56 Å². The van der Waals surface area contributed by atoms with Crippen LogP contribution in [0.25, 0.3) is 22.0 Å². The van der Waals surface area contributed by atoms with E-state index in [1.54, 1.807) is 12.1 Å². The molecule has 4 heteroatoms. The number of hydrogen-bond acceptors (Lipinski definition) is 2. The SMILES string of the molecule is Fc1ccc(CNc2nc(-c3ccc4ccccc4c3)c[nH]2)cc1. The lowest BCUT2D eigenvalue weighted by atomic mass is 10.1. The van der Waals surface area contributed by atoms with E-state index in [9.17, 15) is 4.39 Å². The third-order valence-corrected chi connectivity index (χ3v) is 4.00. The second-order valence-corrected chi connectivity index (χ2v) is 5.68. The highest BCUT2D eigenvalue weighted by Gasteiger charge is 2.05. The van der Waals surface area contributed by atoms with Crippen molar-refractivity contribution in [3.8, 4) is 11.3 Å². The zero-order valence-corrected chi connectivity index (χ0v) is 13.0. The molecule has 1 heterocycles. The Kier molecular flexibility index (Phi) is 3.71. The van der Waals surface area contributed by atoms with E-state index in [1.165, 1.54) is 22.9 Å². The van der Waals surface area contributed by atoms with Crippen molar-refractivity contribution in [3.63, 3.8) is 0 Å². The molecule has 3 nitrogen and oxygen atoms in total. The number of nitrogens with zero attached hydrogens (tertiary/aromatic N) is 1. The van der Waals surface area contributed by atoms with Crippen LogP contribution >= 0.6 is 0 Å². The zero-order chi connectivity index (χ0) is 16.4. The molecular weight excluding hydrogens is 301 g/mol. The summed E-state index contributed by atoms with van der Waals surface area (Å²) in [5.41, 5.74) is 2.96. The van der Waals surface area contributed by atoms with Gasteiger partial charge in [-0.05, 0) is 34.5 Å². The Hall–Kier alpha value is -3.14. The van der Waals surface area contributed by atoms with Crippen molar-refractivity contribution >= 4 is 16.7 Å². The molecule has 0 fully saturated rings. The highest BCUT2D eigenvalue weighted by Crippen LogP contribution is 2.24. The Labute approximate surface area is 139 Å². The molecule has 24 heavy (non-hydrogen) atoms. The quantitative estimate of drug-likeness (QED) is 0.557. The van der Waals surface area contributed by atoms with Crippen molar-refractivity contribution in [1.29, 1.82) is 0 Å². The van der Waals surface area contributed by atoms with Crippen LogP contribution in [0.15, 0.2) is 72.9 Å². The molecule has 0 spiro atoms. The number of hydrogen-bond donors (Lipinski definition) is 2. The normalized spacial score (nSPS) is 10.9. The number of nitrogens with one attached hydrogen (secondary N) is 2. The fraction of sp³-hybridized carbons (Fsp3) is 0.0500. The predicted molar refractivity (Wildman–Crippen MR) is 95.3 cm³/mol. The Bertz CT molecular complexity index is 974. The molecule has 0 saturated carbocycles. The minimum Gasteiger partial charge on any atom is -0.352 e. The summed E-state index contributed by atoms with van der Waals surface area (Å²) in [5, 5.41) is 5.63. The third-order valence-electron chi connectivity index (χ3n) is 4.00. The van der Waals surface area contributed by atoms with Gasteiger partial charge in [-0.2, -0.15) is 0 Å². The van der Waals surface area contributed by atoms with Gasteiger partial charge in [0, 0.05) is 18.3 Å². The summed E-state index contributed by atoms with van der Waals surface area (Å²) in [6.07, 6.45) is 1.89. The van der Waals surface area contributed by atoms with Crippen LogP contribution in [0, 0.1) is 5.82 Å². The van der Waals surface area contributed by atoms with Crippen molar-refractivity contribution < 1.29 is 4.39 Å². The second kappa shape index (κ2) is 6.16. The van der Waals surface area contributed by atoms with Crippen LogP contribution in [-0.2, 0) is 6.54 Å². The minimum absolute atomic E-state index is 0.227. The van der Waals surface area contributed by atoms with E-state index in [0.29, 0.717) is 12.5 Å². The Morgan fingerprint density at radius 3 is 2.54 bits per heavy atom. The van der Waals surface area contributed by atoms with Crippen molar-refractivity contribution in [2.24, 2.45) is 0 Å². The number of anilines is 1. The summed E-state index contributed by atoms with van der Waals surface area (Å²) in [4.78, 5) is 7.72. The van der Waals surface area contributed by atoms with Gasteiger partial charge in [-0.1, -0.05) is 48.5 Å². The van der Waals surface area contributed by atoms with Crippen molar-refractivity contribution in [1.82, 2.24) is 9.97 Å². The summed E-state index contributed by atoms with van der Waals surface area (Å²) in [5.74, 6) is 0.470. The maximum atomic E-state index is 12.9. The van der Waals surface area contributed by atoms with Gasteiger partial charge in [0.15, 0.2) is 0 Å². The second-order valence-electron chi connectivity index (χ2n) is 5.68. The molecule has 0 atom stereocenters. The zero-order valence-electron chi connectivity index (χ0n) is 13.0. The van der Waals surface area contributed by atoms with Crippen molar-refractivity contribution in [2.75, 3.05) is 5.32 Å². The molecule has 3 aromatic carbocycles. The summed E-state index contributed by atoms with van der Waals surface area (Å²) < 4.78 is 12.9. The summed E-state index contributed by atoms with van der Waals surface area (Å²) in [6, 6.07) is 21.0. The lowest BCUT2D eigenvalue weighted by molar-refractivity contribution is 0.627. The molecule has 0 aliphatic rings. The molecular formula is C20H16FN3. The maximum absolute atomic E-state index is 12.9. The van der Waals surface area contributed by atoms with Gasteiger partial charge in [0.1, 0.15) is 5.82 Å². The first kappa shape index (κ1) is 14.5. The molecule has 0 saturated heterocycles. The predicted octanol–water partition coefficient (Wildman–Crippen LogP) is 4.98. The molecule has 0 unspecified atom stereocenters. The Morgan fingerprint density at radius 1 is 0.917 bits per heavy atom. The fourth-order valence-corrected chi connectivity index (χ4v) is 2.70. The van der Waals surface area contributed by atoms with Crippen molar-refractivity contribution in [2.45, 2.75) is 6.54 Å². The minimum atomic E-state index is -0.227. The van der Waals surface area contributed by atoms with Gasteiger partial charge in [-0.3, -0.25) is 0 Å². The van der Waals surface area contributed by atoms with Gasteiger partial charge in [0.2, 0.25) is 5.95 Å². The number of rotatable bonds is 4. The largest absolute Gasteiger partial charge is 0.352 e. The Balaban J connectivity index is 1.52. The molecule has 0 amide bonds. The van der Waals surface area contributed by atoms with Crippen molar-refractivity contribution in [3.05, 3.63) is 84.3 Å². The first-order chi connectivity index (χ1) is 11.8. The molecule has 0 radical (unpaired) electrons. The molecule has 4 aromatic rings. The van der Waals surface area contributed by atoms with E-state index in [0.717, 1.165) is 16.8 Å². The number of H-pyrrole nitrogens is 1. The molecule has 118 valence electrons. The van der Waals surface area contributed by atoms with Gasteiger partial charge in [-0.25, -0.2) is 9.37 Å². The molecule has 0 bridgehead atoms. The van der Waals surface area contributed by atoms with E-state index in [1.807, 2.05) is 18.3 Å². The third kappa shape index (κ3) is 2.99. The Morgan fingerprint density at radius 2 is 1.71 bits per heavy atom. The highest BCUT2D eigenvalue weighted by molar-refractivity contribution is 5.86. The van der Waals surface area contributed by atoms with Gasteiger partial charge in [0.25, 0.3) is 0 Å². The van der Waals surface area contributed by atoms with Gasteiger partial charge in [-0.15, -0.1) is 0 Å². The molecule has 0 aliphatic heterocycles. The van der Waals surface area contributed by atoms with Crippen LogP contribution in [-0.4, -0.2) is 9.97 Å². The summed E-state index contributed by atoms with van der Waals surface area (Å²) in [7, 11) is 0. The van der Waals surface area contributed by atoms with E-state index in [2.05, 4.69) is 45.6 Å². The summed E-state index contributed by atoms with van der Waals surface area (Å²) in [6.45, 7) is 0.588. The van der Waals surface area contributed by atoms with E-state index < -0.39 is 0 Å². The van der Waals surface area contributed by atoms with Crippen LogP contribution in [0.3, 0.4) is 0 Å². The molecule has 2 N–H and O–H groups in total. The van der Waals surface area contributed by atoms with Gasteiger partial charge < -0.3 is 10.3 Å². The van der Waals surface area contributed by atoms with Crippen LogP contribution in [0.2, 0.25) is 0 Å². The van der Waals surface area contributed by atoms with Crippen LogP contribution < -0.4 is 5.32 Å². The van der Waals surface area contributed by atoms with E-state index in [-0.39, 0.29) is 5.82 Å². The number of aromatic nitrogens is 2. The van der Waals surface area contributed by atoms with E-state index in [4.69, 9.17) is 0 Å². The standard InChI is InChI=1S/C20H16FN3/c21-18-9-5-14(6-10-18)12-22-20-23-13-19(24-20)17-8-7-15-3-1-2-4-16(15)11-17/h1-11,13H,12H2,(H2,22,23,24).